The van der Waals surface area contributed by atoms with Gasteiger partial charge in [0.05, 0.1) is 6.26 Å². The number of nitrogens with zero attached hydrogens (tertiary/aromatic N) is 1. The van der Waals surface area contributed by atoms with Gasteiger partial charge in [-0.2, -0.15) is 5.06 Å². The van der Waals surface area contributed by atoms with Crippen LogP contribution in [0.3, 0.4) is 0 Å². The van der Waals surface area contributed by atoms with Crippen LogP contribution in [0.2, 0.25) is 0 Å². The smallest absolute Gasteiger partial charge is 0.339 e. The molecule has 12 heavy (non-hydrogen) atoms. The Bertz CT molecular complexity index is 258. The largest absolute Gasteiger partial charge is 0.467 e. The number of furan rings is 1. The molecular formula is C7H10N2O3. The maximum atomic E-state index is 10.5. The summed E-state index contributed by atoms with van der Waals surface area (Å²) in [6, 6.07) is 1.86. The third kappa shape index (κ3) is 1.57. The summed E-state index contributed by atoms with van der Waals surface area (Å²) >= 11 is 0. The Labute approximate surface area is 69.3 Å². The Kier molecular flexibility index (Phi) is 2.35. The maximum Gasteiger partial charge on any atom is 0.339 e. The number of amides is 2. The topological polar surface area (TPSA) is 79.7 Å². The van der Waals surface area contributed by atoms with Crippen LogP contribution in [0.5, 0.6) is 0 Å². The molecule has 0 aromatic carbocycles. The van der Waals surface area contributed by atoms with Gasteiger partial charge in [0, 0.05) is 0 Å². The second-order valence-electron chi connectivity index (χ2n) is 2.37. The van der Waals surface area contributed by atoms with Crippen molar-refractivity contribution in [2.45, 2.75) is 13.0 Å². The second kappa shape index (κ2) is 3.27. The zero-order valence-corrected chi connectivity index (χ0v) is 6.60. The summed E-state index contributed by atoms with van der Waals surface area (Å²) in [5, 5.41) is 9.48. The Morgan fingerprint density at radius 3 is 2.92 bits per heavy atom. The normalized spacial score (nSPS) is 12.5. The first kappa shape index (κ1) is 8.61. The van der Waals surface area contributed by atoms with Crippen molar-refractivity contribution < 1.29 is 14.4 Å². The SMILES string of the molecule is CC(c1ccco1)N(O)C(N)=O. The quantitative estimate of drug-likeness (QED) is 0.515. The number of hydrogen-bond acceptors (Lipinski definition) is 3. The average molecular weight is 170 g/mol. The summed E-state index contributed by atoms with van der Waals surface area (Å²) in [5.74, 6) is 0.483. The van der Waals surface area contributed by atoms with E-state index in [4.69, 9.17) is 15.4 Å². The lowest BCUT2D eigenvalue weighted by molar-refractivity contribution is -0.0761. The third-order valence-electron chi connectivity index (χ3n) is 1.55. The van der Waals surface area contributed by atoms with E-state index in [2.05, 4.69) is 0 Å². The highest BCUT2D eigenvalue weighted by atomic mass is 16.5. The van der Waals surface area contributed by atoms with Crippen LogP contribution in [-0.2, 0) is 0 Å². The van der Waals surface area contributed by atoms with Gasteiger partial charge in [0.25, 0.3) is 0 Å². The van der Waals surface area contributed by atoms with Crippen LogP contribution in [0.25, 0.3) is 0 Å². The van der Waals surface area contributed by atoms with Crippen molar-refractivity contribution in [2.75, 3.05) is 0 Å². The second-order valence-corrected chi connectivity index (χ2v) is 2.37. The van der Waals surface area contributed by atoms with Crippen molar-refractivity contribution >= 4 is 6.03 Å². The van der Waals surface area contributed by atoms with Crippen LogP contribution >= 0.6 is 0 Å². The first-order valence-corrected chi connectivity index (χ1v) is 3.44. The molecule has 0 aliphatic carbocycles. The zero-order chi connectivity index (χ0) is 9.14. The van der Waals surface area contributed by atoms with Gasteiger partial charge in [-0.05, 0) is 19.1 Å². The van der Waals surface area contributed by atoms with Gasteiger partial charge >= 0.3 is 6.03 Å². The van der Waals surface area contributed by atoms with Gasteiger partial charge in [-0.25, -0.2) is 4.79 Å². The molecule has 1 rings (SSSR count). The van der Waals surface area contributed by atoms with E-state index in [-0.39, 0.29) is 0 Å². The summed E-state index contributed by atoms with van der Waals surface area (Å²) in [6.07, 6.45) is 1.46. The van der Waals surface area contributed by atoms with Crippen LogP contribution in [0, 0.1) is 0 Å². The van der Waals surface area contributed by atoms with Crippen LogP contribution in [0.15, 0.2) is 22.8 Å². The molecule has 3 N–H and O–H groups in total. The Morgan fingerprint density at radius 2 is 2.50 bits per heavy atom. The number of carbonyl (C=O) groups is 1. The number of rotatable bonds is 2. The molecule has 1 aromatic heterocycles. The van der Waals surface area contributed by atoms with Crippen LogP contribution < -0.4 is 5.73 Å². The van der Waals surface area contributed by atoms with Crippen molar-refractivity contribution in [3.8, 4) is 0 Å². The van der Waals surface area contributed by atoms with Gasteiger partial charge in [-0.3, -0.25) is 5.21 Å². The monoisotopic (exact) mass is 170 g/mol. The summed E-state index contributed by atoms with van der Waals surface area (Å²) in [6.45, 7) is 1.60. The summed E-state index contributed by atoms with van der Waals surface area (Å²) < 4.78 is 4.96. The molecule has 1 heterocycles. The third-order valence-corrected chi connectivity index (χ3v) is 1.55. The predicted molar refractivity (Wildman–Crippen MR) is 40.3 cm³/mol. The minimum atomic E-state index is -0.904. The van der Waals surface area contributed by atoms with Crippen molar-refractivity contribution in [1.29, 1.82) is 0 Å². The number of primary amides is 1. The van der Waals surface area contributed by atoms with Gasteiger partial charge in [-0.1, -0.05) is 0 Å². The van der Waals surface area contributed by atoms with Gasteiger partial charge < -0.3 is 10.2 Å². The van der Waals surface area contributed by atoms with E-state index in [0.29, 0.717) is 10.8 Å². The van der Waals surface area contributed by atoms with E-state index in [9.17, 15) is 4.79 Å². The zero-order valence-electron chi connectivity index (χ0n) is 6.60. The fourth-order valence-corrected chi connectivity index (χ4v) is 0.840. The first-order valence-electron chi connectivity index (χ1n) is 3.44. The van der Waals surface area contributed by atoms with Gasteiger partial charge in [0.2, 0.25) is 0 Å². The molecular weight excluding hydrogens is 160 g/mol. The number of urea groups is 1. The molecule has 1 atom stereocenters. The first-order chi connectivity index (χ1) is 5.63. The lowest BCUT2D eigenvalue weighted by atomic mass is 10.2. The van der Waals surface area contributed by atoms with E-state index in [1.165, 1.54) is 6.26 Å². The summed E-state index contributed by atoms with van der Waals surface area (Å²) in [5.41, 5.74) is 4.84. The lowest BCUT2D eigenvalue weighted by Gasteiger charge is -2.17. The summed E-state index contributed by atoms with van der Waals surface area (Å²) in [7, 11) is 0. The maximum absolute atomic E-state index is 10.5. The highest BCUT2D eigenvalue weighted by Gasteiger charge is 2.18. The van der Waals surface area contributed by atoms with E-state index in [0.717, 1.165) is 0 Å². The minimum Gasteiger partial charge on any atom is -0.467 e. The predicted octanol–water partition coefficient (Wildman–Crippen LogP) is 1.11. The molecule has 0 aliphatic heterocycles. The van der Waals surface area contributed by atoms with E-state index >= 15 is 0 Å². The fraction of sp³-hybridized carbons (Fsp3) is 0.286. The van der Waals surface area contributed by atoms with Crippen molar-refractivity contribution in [2.24, 2.45) is 5.73 Å². The van der Waals surface area contributed by atoms with Gasteiger partial charge in [0.1, 0.15) is 11.8 Å². The molecule has 0 fully saturated rings. The number of carbonyl (C=O) groups excluding carboxylic acids is 1. The molecule has 5 nitrogen and oxygen atoms in total. The van der Waals surface area contributed by atoms with Crippen molar-refractivity contribution in [3.05, 3.63) is 24.2 Å². The minimum absolute atomic E-state index is 0.416. The Morgan fingerprint density at radius 1 is 1.83 bits per heavy atom. The molecule has 2 amide bonds. The van der Waals surface area contributed by atoms with Crippen LogP contribution in [0.4, 0.5) is 4.79 Å². The van der Waals surface area contributed by atoms with Crippen molar-refractivity contribution in [3.63, 3.8) is 0 Å². The molecule has 0 saturated heterocycles. The average Bonchev–Trinajstić information content (AvgIpc) is 2.53. The lowest BCUT2D eigenvalue weighted by Crippen LogP contribution is -2.34. The molecule has 1 aromatic rings. The van der Waals surface area contributed by atoms with Gasteiger partial charge in [0.15, 0.2) is 0 Å². The Hall–Kier alpha value is -1.49. The highest BCUT2D eigenvalue weighted by molar-refractivity contribution is 5.70. The highest BCUT2D eigenvalue weighted by Crippen LogP contribution is 2.17. The standard InChI is InChI=1S/C7H10N2O3/c1-5(9(11)7(8)10)6-3-2-4-12-6/h2-5,11H,1H3,(H2,8,10). The Balaban J connectivity index is 2.71. The molecule has 0 radical (unpaired) electrons. The molecule has 0 aliphatic rings. The van der Waals surface area contributed by atoms with E-state index in [1.807, 2.05) is 0 Å². The number of nitrogens with two attached hydrogens (primary N) is 1. The number of hydroxylamine groups is 2. The summed E-state index contributed by atoms with van der Waals surface area (Å²) in [4.78, 5) is 10.5. The van der Waals surface area contributed by atoms with Crippen LogP contribution in [0.1, 0.15) is 18.7 Å². The molecule has 66 valence electrons. The van der Waals surface area contributed by atoms with E-state index < -0.39 is 12.1 Å². The molecule has 0 saturated carbocycles. The van der Waals surface area contributed by atoms with Crippen LogP contribution in [-0.4, -0.2) is 16.3 Å². The molecule has 5 heteroatoms. The molecule has 0 spiro atoms. The molecule has 1 unspecified atom stereocenters. The fourth-order valence-electron chi connectivity index (χ4n) is 0.840. The number of hydrogen-bond donors (Lipinski definition) is 2. The van der Waals surface area contributed by atoms with Gasteiger partial charge in [-0.15, -0.1) is 0 Å². The van der Waals surface area contributed by atoms with E-state index in [1.54, 1.807) is 19.1 Å². The molecule has 0 bridgehead atoms. The van der Waals surface area contributed by atoms with Crippen molar-refractivity contribution in [1.82, 2.24) is 5.06 Å².